The first-order valence-corrected chi connectivity index (χ1v) is 7.50. The van der Waals surface area contributed by atoms with E-state index in [1.165, 1.54) is 22.4 Å². The van der Waals surface area contributed by atoms with Crippen molar-refractivity contribution in [2.24, 2.45) is 5.73 Å². The number of hydrogen-bond acceptors (Lipinski definition) is 2. The Balaban J connectivity index is 2.25. The van der Waals surface area contributed by atoms with Crippen molar-refractivity contribution in [3.05, 3.63) is 65.2 Å². The van der Waals surface area contributed by atoms with Crippen LogP contribution in [0.15, 0.2) is 48.5 Å². The minimum atomic E-state index is -0.0480. The molecule has 0 spiro atoms. The monoisotopic (exact) mass is 282 g/mol. The fourth-order valence-electron chi connectivity index (χ4n) is 2.90. The number of likely N-dealkylation sites (N-methyl/N-ethyl adjacent to an activating group) is 1. The molecular weight excluding hydrogens is 256 g/mol. The number of hydrogen-bond donors (Lipinski definition) is 1. The minimum absolute atomic E-state index is 0.0480. The quantitative estimate of drug-likeness (QED) is 0.907. The first kappa shape index (κ1) is 15.6. The molecule has 2 aromatic rings. The second-order valence-corrected chi connectivity index (χ2v) is 6.33. The van der Waals surface area contributed by atoms with Crippen molar-refractivity contribution in [2.45, 2.75) is 26.2 Å². The lowest BCUT2D eigenvalue weighted by Gasteiger charge is -2.34. The Hall–Kier alpha value is -1.80. The molecular formula is C19H26N2. The zero-order chi connectivity index (χ0) is 15.5. The van der Waals surface area contributed by atoms with E-state index in [0.29, 0.717) is 6.54 Å². The third-order valence-corrected chi connectivity index (χ3v) is 4.15. The van der Waals surface area contributed by atoms with Gasteiger partial charge in [-0.1, -0.05) is 43.3 Å². The van der Waals surface area contributed by atoms with Gasteiger partial charge in [-0.15, -0.1) is 0 Å². The summed E-state index contributed by atoms with van der Waals surface area (Å²) in [5.41, 5.74) is 11.2. The van der Waals surface area contributed by atoms with Gasteiger partial charge in [0.15, 0.2) is 0 Å². The zero-order valence-electron chi connectivity index (χ0n) is 13.6. The normalized spacial score (nSPS) is 13.8. The van der Waals surface area contributed by atoms with E-state index in [9.17, 15) is 0 Å². The Bertz CT molecular complexity index is 572. The van der Waals surface area contributed by atoms with E-state index in [4.69, 9.17) is 5.73 Å². The van der Waals surface area contributed by atoms with E-state index in [1.54, 1.807) is 0 Å². The van der Waals surface area contributed by atoms with Crippen LogP contribution in [0.3, 0.4) is 0 Å². The fourth-order valence-corrected chi connectivity index (χ4v) is 2.90. The predicted octanol–water partition coefficient (Wildman–Crippen LogP) is 3.66. The number of benzene rings is 2. The van der Waals surface area contributed by atoms with Crippen LogP contribution in [0.4, 0.5) is 5.69 Å². The van der Waals surface area contributed by atoms with Gasteiger partial charge in [-0.25, -0.2) is 0 Å². The van der Waals surface area contributed by atoms with Crippen molar-refractivity contribution in [1.29, 1.82) is 0 Å². The molecule has 21 heavy (non-hydrogen) atoms. The molecule has 0 aliphatic rings. The van der Waals surface area contributed by atoms with E-state index in [0.717, 1.165) is 6.54 Å². The molecule has 2 aromatic carbocycles. The molecule has 2 rings (SSSR count). The SMILES string of the molecule is Cc1cc(C)cc(N(C)CC(C)(CN)c2ccccc2)c1. The highest BCUT2D eigenvalue weighted by atomic mass is 15.1. The summed E-state index contributed by atoms with van der Waals surface area (Å²) in [5, 5.41) is 0. The summed E-state index contributed by atoms with van der Waals surface area (Å²) >= 11 is 0. The van der Waals surface area contributed by atoms with Gasteiger partial charge in [0, 0.05) is 31.2 Å². The van der Waals surface area contributed by atoms with Crippen LogP contribution >= 0.6 is 0 Å². The number of aryl methyl sites for hydroxylation is 2. The molecule has 112 valence electrons. The highest BCUT2D eigenvalue weighted by Gasteiger charge is 2.26. The Morgan fingerprint density at radius 1 is 1.00 bits per heavy atom. The molecule has 2 nitrogen and oxygen atoms in total. The van der Waals surface area contributed by atoms with Gasteiger partial charge in [-0.05, 0) is 42.7 Å². The Morgan fingerprint density at radius 3 is 2.10 bits per heavy atom. The molecule has 0 amide bonds. The van der Waals surface area contributed by atoms with Gasteiger partial charge in [-0.3, -0.25) is 0 Å². The van der Waals surface area contributed by atoms with Crippen molar-refractivity contribution in [2.75, 3.05) is 25.0 Å². The third-order valence-electron chi connectivity index (χ3n) is 4.15. The summed E-state index contributed by atoms with van der Waals surface area (Å²) in [5.74, 6) is 0. The number of anilines is 1. The molecule has 0 aromatic heterocycles. The Kier molecular flexibility index (Phi) is 4.69. The molecule has 0 saturated carbocycles. The summed E-state index contributed by atoms with van der Waals surface area (Å²) in [7, 11) is 2.14. The summed E-state index contributed by atoms with van der Waals surface area (Å²) in [6, 6.07) is 17.2. The molecule has 2 N–H and O–H groups in total. The highest BCUT2D eigenvalue weighted by Crippen LogP contribution is 2.26. The summed E-state index contributed by atoms with van der Waals surface area (Å²) in [6.07, 6.45) is 0. The standard InChI is InChI=1S/C19H26N2/c1-15-10-16(2)12-18(11-15)21(4)14-19(3,13-20)17-8-6-5-7-9-17/h5-12H,13-14,20H2,1-4H3. The van der Waals surface area contributed by atoms with Crippen molar-refractivity contribution >= 4 is 5.69 Å². The lowest BCUT2D eigenvalue weighted by atomic mass is 9.82. The first-order valence-electron chi connectivity index (χ1n) is 7.50. The van der Waals surface area contributed by atoms with Crippen molar-refractivity contribution in [3.63, 3.8) is 0 Å². The van der Waals surface area contributed by atoms with E-state index >= 15 is 0 Å². The van der Waals surface area contributed by atoms with Gasteiger partial charge in [0.2, 0.25) is 0 Å². The molecule has 0 fully saturated rings. The molecule has 0 aliphatic carbocycles. The van der Waals surface area contributed by atoms with Crippen LogP contribution in [0.5, 0.6) is 0 Å². The van der Waals surface area contributed by atoms with Crippen LogP contribution in [0.25, 0.3) is 0 Å². The van der Waals surface area contributed by atoms with E-state index < -0.39 is 0 Å². The average molecular weight is 282 g/mol. The molecule has 1 atom stereocenters. The van der Waals surface area contributed by atoms with Crippen LogP contribution in [0, 0.1) is 13.8 Å². The third kappa shape index (κ3) is 3.64. The lowest BCUT2D eigenvalue weighted by molar-refractivity contribution is 0.485. The summed E-state index contributed by atoms with van der Waals surface area (Å²) in [6.45, 7) is 8.05. The van der Waals surface area contributed by atoms with Gasteiger partial charge < -0.3 is 10.6 Å². The maximum Gasteiger partial charge on any atom is 0.0369 e. The first-order chi connectivity index (χ1) is 9.94. The van der Waals surface area contributed by atoms with Crippen LogP contribution in [-0.4, -0.2) is 20.1 Å². The van der Waals surface area contributed by atoms with Crippen LogP contribution in [-0.2, 0) is 5.41 Å². The minimum Gasteiger partial charge on any atom is -0.374 e. The van der Waals surface area contributed by atoms with Gasteiger partial charge in [0.1, 0.15) is 0 Å². The molecule has 0 aliphatic heterocycles. The van der Waals surface area contributed by atoms with Crippen LogP contribution in [0.1, 0.15) is 23.6 Å². The number of nitrogens with two attached hydrogens (primary N) is 1. The molecule has 0 radical (unpaired) electrons. The van der Waals surface area contributed by atoms with E-state index in [-0.39, 0.29) is 5.41 Å². The molecule has 2 heteroatoms. The Morgan fingerprint density at radius 2 is 1.57 bits per heavy atom. The zero-order valence-corrected chi connectivity index (χ0v) is 13.6. The maximum atomic E-state index is 6.10. The number of nitrogens with zero attached hydrogens (tertiary/aromatic N) is 1. The Labute approximate surface area is 128 Å². The maximum absolute atomic E-state index is 6.10. The fraction of sp³-hybridized carbons (Fsp3) is 0.368. The summed E-state index contributed by atoms with van der Waals surface area (Å²) < 4.78 is 0. The number of rotatable bonds is 5. The van der Waals surface area contributed by atoms with Crippen molar-refractivity contribution < 1.29 is 0 Å². The average Bonchev–Trinajstić information content (AvgIpc) is 2.47. The van der Waals surface area contributed by atoms with Gasteiger partial charge in [0.05, 0.1) is 0 Å². The molecule has 1 unspecified atom stereocenters. The van der Waals surface area contributed by atoms with E-state index in [1.807, 2.05) is 6.07 Å². The van der Waals surface area contributed by atoms with Gasteiger partial charge in [0.25, 0.3) is 0 Å². The predicted molar refractivity (Wildman–Crippen MR) is 92.0 cm³/mol. The molecule has 0 saturated heterocycles. The topological polar surface area (TPSA) is 29.3 Å². The molecule has 0 bridgehead atoms. The van der Waals surface area contributed by atoms with Crippen LogP contribution < -0.4 is 10.6 Å². The largest absolute Gasteiger partial charge is 0.374 e. The molecule has 0 heterocycles. The lowest BCUT2D eigenvalue weighted by Crippen LogP contribution is -2.42. The van der Waals surface area contributed by atoms with Gasteiger partial charge >= 0.3 is 0 Å². The van der Waals surface area contributed by atoms with E-state index in [2.05, 4.69) is 75.2 Å². The smallest absolute Gasteiger partial charge is 0.0369 e. The second kappa shape index (κ2) is 6.31. The summed E-state index contributed by atoms with van der Waals surface area (Å²) in [4.78, 5) is 2.31. The highest BCUT2D eigenvalue weighted by molar-refractivity contribution is 5.51. The van der Waals surface area contributed by atoms with Crippen molar-refractivity contribution in [3.8, 4) is 0 Å². The second-order valence-electron chi connectivity index (χ2n) is 6.33. The van der Waals surface area contributed by atoms with Gasteiger partial charge in [-0.2, -0.15) is 0 Å². The van der Waals surface area contributed by atoms with Crippen molar-refractivity contribution in [1.82, 2.24) is 0 Å². The van der Waals surface area contributed by atoms with Crippen LogP contribution in [0.2, 0.25) is 0 Å².